The molecule has 0 saturated heterocycles. The van der Waals surface area contributed by atoms with Crippen molar-refractivity contribution >= 4 is 5.84 Å². The van der Waals surface area contributed by atoms with Gasteiger partial charge in [0.25, 0.3) is 0 Å². The Kier molecular flexibility index (Phi) is 3.16. The van der Waals surface area contributed by atoms with Crippen LogP contribution in [0.1, 0.15) is 37.6 Å². The van der Waals surface area contributed by atoms with Crippen LogP contribution >= 0.6 is 0 Å². The van der Waals surface area contributed by atoms with Crippen molar-refractivity contribution in [3.8, 4) is 5.88 Å². The Labute approximate surface area is 95.5 Å². The van der Waals surface area contributed by atoms with Gasteiger partial charge in [-0.25, -0.2) is 0 Å². The van der Waals surface area contributed by atoms with E-state index in [0.29, 0.717) is 11.4 Å². The third kappa shape index (κ3) is 2.68. The summed E-state index contributed by atoms with van der Waals surface area (Å²) in [6, 6.07) is 0. The third-order valence-corrected chi connectivity index (χ3v) is 2.09. The van der Waals surface area contributed by atoms with Crippen LogP contribution in [0.2, 0.25) is 0 Å². The number of rotatable bonds is 2. The Bertz CT molecular complexity index is 421. The topological polar surface area (TPSA) is 84.9 Å². The van der Waals surface area contributed by atoms with Crippen LogP contribution in [0.4, 0.5) is 0 Å². The molecule has 3 N–H and O–H groups in total. The molecule has 5 nitrogen and oxygen atoms in total. The molecule has 0 atom stereocenters. The van der Waals surface area contributed by atoms with Crippen molar-refractivity contribution in [2.24, 2.45) is 5.73 Å². The van der Waals surface area contributed by atoms with Crippen LogP contribution in [0.3, 0.4) is 0 Å². The van der Waals surface area contributed by atoms with Gasteiger partial charge in [-0.15, -0.1) is 5.10 Å². The highest BCUT2D eigenvalue weighted by atomic mass is 16.5. The molecule has 0 bridgehead atoms. The van der Waals surface area contributed by atoms with Gasteiger partial charge in [0, 0.05) is 0 Å². The van der Waals surface area contributed by atoms with Crippen molar-refractivity contribution < 1.29 is 4.74 Å². The molecule has 1 rings (SSSR count). The van der Waals surface area contributed by atoms with Crippen LogP contribution in [0.15, 0.2) is 0 Å². The van der Waals surface area contributed by atoms with E-state index in [1.54, 1.807) is 0 Å². The van der Waals surface area contributed by atoms with Gasteiger partial charge in [-0.1, -0.05) is 0 Å². The van der Waals surface area contributed by atoms with Crippen molar-refractivity contribution in [1.82, 2.24) is 10.2 Å². The zero-order chi connectivity index (χ0) is 12.5. The maximum atomic E-state index is 7.55. The van der Waals surface area contributed by atoms with Gasteiger partial charge < -0.3 is 10.5 Å². The van der Waals surface area contributed by atoms with Crippen molar-refractivity contribution in [3.05, 3.63) is 16.8 Å². The number of nitrogens with one attached hydrogen (secondary N) is 1. The highest BCUT2D eigenvalue weighted by molar-refractivity contribution is 5.98. The van der Waals surface area contributed by atoms with E-state index in [1.165, 1.54) is 0 Å². The zero-order valence-corrected chi connectivity index (χ0v) is 10.4. The van der Waals surface area contributed by atoms with Crippen LogP contribution in [0, 0.1) is 19.3 Å². The monoisotopic (exact) mass is 222 g/mol. The summed E-state index contributed by atoms with van der Waals surface area (Å²) in [4.78, 5) is 0. The number of aromatic nitrogens is 2. The first kappa shape index (κ1) is 12.4. The Morgan fingerprint density at radius 3 is 2.25 bits per heavy atom. The molecular weight excluding hydrogens is 204 g/mol. The SMILES string of the molecule is Cc1nnc(OC(C)(C)C)c(C(=N)N)c1C. The van der Waals surface area contributed by atoms with Crippen molar-refractivity contribution in [3.63, 3.8) is 0 Å². The minimum atomic E-state index is -0.388. The standard InChI is InChI=1S/C11H18N4O/c1-6-7(2)14-15-10(8(6)9(12)13)16-11(3,4)5/h1-5H3,(H3,12,13). The van der Waals surface area contributed by atoms with Gasteiger partial charge in [-0.2, -0.15) is 5.10 Å². The molecule has 0 aliphatic rings. The molecule has 1 aromatic heterocycles. The van der Waals surface area contributed by atoms with Gasteiger partial charge >= 0.3 is 0 Å². The molecule has 0 amide bonds. The fraction of sp³-hybridized carbons (Fsp3) is 0.545. The van der Waals surface area contributed by atoms with Crippen LogP contribution in [-0.2, 0) is 0 Å². The summed E-state index contributed by atoms with van der Waals surface area (Å²) in [6.07, 6.45) is 0. The number of hydrogen-bond acceptors (Lipinski definition) is 4. The van der Waals surface area contributed by atoms with Gasteiger partial charge in [-0.05, 0) is 40.2 Å². The highest BCUT2D eigenvalue weighted by Crippen LogP contribution is 2.23. The molecule has 0 radical (unpaired) electrons. The quantitative estimate of drug-likeness (QED) is 0.587. The Morgan fingerprint density at radius 1 is 1.25 bits per heavy atom. The second kappa shape index (κ2) is 4.08. The van der Waals surface area contributed by atoms with E-state index in [2.05, 4.69) is 10.2 Å². The van der Waals surface area contributed by atoms with Crippen molar-refractivity contribution in [1.29, 1.82) is 5.41 Å². The molecule has 0 spiro atoms. The van der Waals surface area contributed by atoms with Crippen LogP contribution in [-0.4, -0.2) is 21.6 Å². The Hall–Kier alpha value is -1.65. The number of aryl methyl sites for hydroxylation is 1. The summed E-state index contributed by atoms with van der Waals surface area (Å²) < 4.78 is 5.64. The van der Waals surface area contributed by atoms with E-state index in [0.717, 1.165) is 11.3 Å². The Balaban J connectivity index is 3.29. The fourth-order valence-corrected chi connectivity index (χ4v) is 1.27. The highest BCUT2D eigenvalue weighted by Gasteiger charge is 2.20. The molecule has 0 aliphatic carbocycles. The first-order valence-corrected chi connectivity index (χ1v) is 5.09. The molecule has 0 aromatic carbocycles. The lowest BCUT2D eigenvalue weighted by atomic mass is 10.1. The fourth-order valence-electron chi connectivity index (χ4n) is 1.27. The van der Waals surface area contributed by atoms with E-state index in [9.17, 15) is 0 Å². The molecule has 0 aliphatic heterocycles. The van der Waals surface area contributed by atoms with E-state index < -0.39 is 0 Å². The maximum Gasteiger partial charge on any atom is 0.245 e. The van der Waals surface area contributed by atoms with Crippen LogP contribution < -0.4 is 10.5 Å². The number of amidine groups is 1. The van der Waals surface area contributed by atoms with E-state index in [-0.39, 0.29) is 11.4 Å². The smallest absolute Gasteiger partial charge is 0.245 e. The lowest BCUT2D eigenvalue weighted by Crippen LogP contribution is -2.27. The lowest BCUT2D eigenvalue weighted by Gasteiger charge is -2.22. The largest absolute Gasteiger partial charge is 0.470 e. The molecule has 1 aromatic rings. The summed E-state index contributed by atoms with van der Waals surface area (Å²) in [7, 11) is 0. The first-order valence-electron chi connectivity index (χ1n) is 5.09. The molecule has 16 heavy (non-hydrogen) atoms. The summed E-state index contributed by atoms with van der Waals surface area (Å²) in [6.45, 7) is 9.42. The van der Waals surface area contributed by atoms with Gasteiger partial charge in [0.2, 0.25) is 5.88 Å². The number of ether oxygens (including phenoxy) is 1. The molecular formula is C11H18N4O. The normalized spacial score (nSPS) is 11.3. The minimum absolute atomic E-state index is 0.0465. The van der Waals surface area contributed by atoms with Crippen molar-refractivity contribution in [2.45, 2.75) is 40.2 Å². The average molecular weight is 222 g/mol. The number of hydrogen-bond donors (Lipinski definition) is 2. The summed E-state index contributed by atoms with van der Waals surface area (Å²) >= 11 is 0. The molecule has 1 heterocycles. The summed E-state index contributed by atoms with van der Waals surface area (Å²) in [5.41, 5.74) is 7.27. The van der Waals surface area contributed by atoms with Gasteiger partial charge in [0.05, 0.1) is 11.3 Å². The van der Waals surface area contributed by atoms with E-state index in [4.69, 9.17) is 15.9 Å². The summed E-state index contributed by atoms with van der Waals surface area (Å²) in [5, 5.41) is 15.5. The average Bonchev–Trinajstić information content (AvgIpc) is 2.08. The van der Waals surface area contributed by atoms with E-state index in [1.807, 2.05) is 34.6 Å². The van der Waals surface area contributed by atoms with Gasteiger partial charge in [-0.3, -0.25) is 5.41 Å². The van der Waals surface area contributed by atoms with Crippen LogP contribution in [0.5, 0.6) is 5.88 Å². The molecule has 0 unspecified atom stereocenters. The number of nitrogen functional groups attached to an aromatic ring is 1. The number of nitrogens with zero attached hydrogens (tertiary/aromatic N) is 2. The maximum absolute atomic E-state index is 7.55. The number of nitrogens with two attached hydrogens (primary N) is 1. The Morgan fingerprint density at radius 2 is 1.81 bits per heavy atom. The second-order valence-corrected chi connectivity index (χ2v) is 4.72. The molecule has 5 heteroatoms. The predicted octanol–water partition coefficient (Wildman–Crippen LogP) is 1.55. The molecule has 88 valence electrons. The van der Waals surface area contributed by atoms with Gasteiger partial charge in [0.1, 0.15) is 11.4 Å². The minimum Gasteiger partial charge on any atom is -0.470 e. The van der Waals surface area contributed by atoms with E-state index >= 15 is 0 Å². The summed E-state index contributed by atoms with van der Waals surface area (Å²) in [5.74, 6) is 0.276. The third-order valence-electron chi connectivity index (χ3n) is 2.09. The molecule has 0 saturated carbocycles. The lowest BCUT2D eigenvalue weighted by molar-refractivity contribution is 0.122. The van der Waals surface area contributed by atoms with Crippen LogP contribution in [0.25, 0.3) is 0 Å². The second-order valence-electron chi connectivity index (χ2n) is 4.72. The van der Waals surface area contributed by atoms with Gasteiger partial charge in [0.15, 0.2) is 0 Å². The predicted molar refractivity (Wildman–Crippen MR) is 62.9 cm³/mol. The molecule has 0 fully saturated rings. The zero-order valence-electron chi connectivity index (χ0n) is 10.4. The first-order chi connectivity index (χ1) is 7.22. The van der Waals surface area contributed by atoms with Crippen molar-refractivity contribution in [2.75, 3.05) is 0 Å².